The Morgan fingerprint density at radius 1 is 1.00 bits per heavy atom. The summed E-state index contributed by atoms with van der Waals surface area (Å²) < 4.78 is 29.2. The summed E-state index contributed by atoms with van der Waals surface area (Å²) in [4.78, 5) is 4.05. The third-order valence-corrected chi connectivity index (χ3v) is 5.62. The van der Waals surface area contributed by atoms with Crippen LogP contribution in [0.3, 0.4) is 0 Å². The van der Waals surface area contributed by atoms with Crippen LogP contribution in [-0.2, 0) is 0 Å². The first-order valence-corrected chi connectivity index (χ1v) is 9.14. The number of likely N-dealkylation sites (tertiary alicyclic amines) is 2. The largest absolute Gasteiger partial charge is 0.297 e. The van der Waals surface area contributed by atoms with E-state index < -0.39 is 12.0 Å². The van der Waals surface area contributed by atoms with E-state index in [-0.39, 0.29) is 6.54 Å². The fourth-order valence-corrected chi connectivity index (χ4v) is 3.98. The van der Waals surface area contributed by atoms with E-state index in [1.165, 1.54) is 0 Å². The minimum atomic E-state index is -2.56. The Morgan fingerprint density at radius 3 is 2.14 bits per heavy atom. The summed E-state index contributed by atoms with van der Waals surface area (Å²) in [6.45, 7) is 12.1. The lowest BCUT2D eigenvalue weighted by molar-refractivity contribution is -0.133. The van der Waals surface area contributed by atoms with Crippen LogP contribution in [0.15, 0.2) is 0 Å². The van der Waals surface area contributed by atoms with Gasteiger partial charge in [0.25, 0.3) is 5.92 Å². The van der Waals surface area contributed by atoms with Gasteiger partial charge in [-0.15, -0.1) is 0 Å². The van der Waals surface area contributed by atoms with Crippen molar-refractivity contribution >= 4 is 0 Å². The van der Waals surface area contributed by atoms with Crippen molar-refractivity contribution < 1.29 is 8.78 Å². The highest BCUT2D eigenvalue weighted by atomic mass is 19.3. The second-order valence-electron chi connectivity index (χ2n) is 8.14. The molecule has 1 atom stereocenters. The van der Waals surface area contributed by atoms with E-state index in [0.717, 1.165) is 51.4 Å². The van der Waals surface area contributed by atoms with Gasteiger partial charge in [0.15, 0.2) is 0 Å². The quantitative estimate of drug-likeness (QED) is 0.753. The molecular formula is C18H34F2N2. The van der Waals surface area contributed by atoms with Gasteiger partial charge in [0, 0.05) is 6.54 Å². The van der Waals surface area contributed by atoms with Gasteiger partial charge in [0.2, 0.25) is 0 Å². The Kier molecular flexibility index (Phi) is 6.23. The van der Waals surface area contributed by atoms with Gasteiger partial charge < -0.3 is 0 Å². The van der Waals surface area contributed by atoms with Crippen molar-refractivity contribution in [3.8, 4) is 0 Å². The van der Waals surface area contributed by atoms with Crippen molar-refractivity contribution in [1.82, 2.24) is 9.80 Å². The Hall–Kier alpha value is -0.220. The van der Waals surface area contributed by atoms with Gasteiger partial charge in [-0.25, -0.2) is 8.78 Å². The summed E-state index contributed by atoms with van der Waals surface area (Å²) in [6, 6.07) is -0.532. The van der Waals surface area contributed by atoms with E-state index in [9.17, 15) is 8.78 Å². The van der Waals surface area contributed by atoms with E-state index in [4.69, 9.17) is 0 Å². The van der Waals surface area contributed by atoms with E-state index in [0.29, 0.717) is 18.3 Å². The van der Waals surface area contributed by atoms with E-state index in [1.54, 1.807) is 0 Å². The first-order valence-electron chi connectivity index (χ1n) is 9.14. The normalized spacial score (nSPS) is 28.6. The molecule has 130 valence electrons. The second-order valence-corrected chi connectivity index (χ2v) is 8.14. The molecule has 4 heteroatoms. The molecule has 0 aliphatic carbocycles. The van der Waals surface area contributed by atoms with Crippen molar-refractivity contribution in [3.05, 3.63) is 0 Å². The van der Waals surface area contributed by atoms with Crippen molar-refractivity contribution in [2.24, 2.45) is 17.8 Å². The van der Waals surface area contributed by atoms with E-state index in [1.807, 2.05) is 4.90 Å². The molecule has 0 amide bonds. The number of alkyl halides is 2. The van der Waals surface area contributed by atoms with E-state index in [2.05, 4.69) is 32.6 Å². The molecule has 2 rings (SSSR count). The summed E-state index contributed by atoms with van der Waals surface area (Å²) in [5.41, 5.74) is 0. The predicted molar refractivity (Wildman–Crippen MR) is 88.4 cm³/mol. The highest BCUT2D eigenvalue weighted by Crippen LogP contribution is 2.35. The van der Waals surface area contributed by atoms with Crippen molar-refractivity contribution in [3.63, 3.8) is 0 Å². The molecular weight excluding hydrogens is 282 g/mol. The van der Waals surface area contributed by atoms with Crippen molar-refractivity contribution in [2.75, 3.05) is 32.7 Å². The number of nitrogens with zero attached hydrogens (tertiary/aromatic N) is 2. The Morgan fingerprint density at radius 2 is 1.64 bits per heavy atom. The molecule has 0 aromatic heterocycles. The molecule has 2 heterocycles. The summed E-state index contributed by atoms with van der Waals surface area (Å²) in [6.07, 6.45) is 3.81. The first kappa shape index (κ1) is 18.1. The van der Waals surface area contributed by atoms with Crippen LogP contribution in [0.25, 0.3) is 0 Å². The first-order chi connectivity index (χ1) is 10.3. The minimum Gasteiger partial charge on any atom is -0.297 e. The summed E-state index contributed by atoms with van der Waals surface area (Å²) >= 11 is 0. The maximum atomic E-state index is 14.6. The number of halogens is 2. The van der Waals surface area contributed by atoms with Crippen LogP contribution >= 0.6 is 0 Å². The molecule has 0 N–H and O–H groups in total. The SMILES string of the molecule is CC(C)CCN1CC[C@@H](N2CCC(C(C)C)CC2)C(F)(F)C1. The standard InChI is InChI=1S/C18H34F2N2/c1-14(2)5-9-21-10-8-17(18(19,20)13-21)22-11-6-16(7-12-22)15(3)4/h14-17H,5-13H2,1-4H3/t17-/m1/s1. The molecule has 2 nitrogen and oxygen atoms in total. The van der Waals surface area contributed by atoms with Gasteiger partial charge in [-0.3, -0.25) is 9.80 Å². The van der Waals surface area contributed by atoms with Gasteiger partial charge in [0.05, 0.1) is 12.6 Å². The summed E-state index contributed by atoms with van der Waals surface area (Å²) in [7, 11) is 0. The zero-order chi connectivity index (χ0) is 16.3. The second kappa shape index (κ2) is 7.57. The predicted octanol–water partition coefficient (Wildman–Crippen LogP) is 4.11. The van der Waals surface area contributed by atoms with Crippen LogP contribution in [0, 0.1) is 17.8 Å². The number of rotatable bonds is 5. The molecule has 22 heavy (non-hydrogen) atoms. The molecule has 0 spiro atoms. The maximum Gasteiger partial charge on any atom is 0.275 e. The molecule has 2 fully saturated rings. The number of hydrogen-bond acceptors (Lipinski definition) is 2. The van der Waals surface area contributed by atoms with Crippen LogP contribution in [0.4, 0.5) is 8.78 Å². The highest BCUT2D eigenvalue weighted by molar-refractivity contribution is 4.94. The van der Waals surface area contributed by atoms with Gasteiger partial charge >= 0.3 is 0 Å². The lowest BCUT2D eigenvalue weighted by Gasteiger charge is -2.46. The minimum absolute atomic E-state index is 0.0471. The van der Waals surface area contributed by atoms with Crippen LogP contribution in [-0.4, -0.2) is 54.5 Å². The third-order valence-electron chi connectivity index (χ3n) is 5.62. The van der Waals surface area contributed by atoms with Gasteiger partial charge in [-0.1, -0.05) is 27.7 Å². The molecule has 2 saturated heterocycles. The fraction of sp³-hybridized carbons (Fsp3) is 1.00. The van der Waals surface area contributed by atoms with E-state index >= 15 is 0 Å². The molecule has 2 aliphatic heterocycles. The monoisotopic (exact) mass is 316 g/mol. The topological polar surface area (TPSA) is 6.48 Å². The number of hydrogen-bond donors (Lipinski definition) is 0. The van der Waals surface area contributed by atoms with Gasteiger partial charge in [-0.2, -0.15) is 0 Å². The lowest BCUT2D eigenvalue weighted by atomic mass is 9.85. The zero-order valence-corrected chi connectivity index (χ0v) is 14.8. The third kappa shape index (κ3) is 4.64. The summed E-state index contributed by atoms with van der Waals surface area (Å²) in [5.74, 6) is -0.571. The average molecular weight is 316 g/mol. The molecule has 0 bridgehead atoms. The smallest absolute Gasteiger partial charge is 0.275 e. The molecule has 0 unspecified atom stereocenters. The highest BCUT2D eigenvalue weighted by Gasteiger charge is 2.47. The van der Waals surface area contributed by atoms with Crippen LogP contribution in [0.5, 0.6) is 0 Å². The van der Waals surface area contributed by atoms with Crippen molar-refractivity contribution in [2.45, 2.75) is 65.3 Å². The van der Waals surface area contributed by atoms with Crippen molar-refractivity contribution in [1.29, 1.82) is 0 Å². The Balaban J connectivity index is 1.86. The molecule has 0 saturated carbocycles. The van der Waals surface area contributed by atoms with Gasteiger partial charge in [-0.05, 0) is 63.1 Å². The maximum absolute atomic E-state index is 14.6. The zero-order valence-electron chi connectivity index (χ0n) is 14.8. The molecule has 2 aliphatic rings. The van der Waals surface area contributed by atoms with Gasteiger partial charge in [0.1, 0.15) is 0 Å². The van der Waals surface area contributed by atoms with Crippen LogP contribution in [0.1, 0.15) is 53.4 Å². The Labute approximate surface area is 135 Å². The number of piperidine rings is 2. The van der Waals surface area contributed by atoms with Crippen LogP contribution < -0.4 is 0 Å². The molecule has 0 aromatic rings. The molecule has 0 radical (unpaired) electrons. The molecule has 0 aromatic carbocycles. The fourth-order valence-electron chi connectivity index (χ4n) is 3.98. The lowest BCUT2D eigenvalue weighted by Crippen LogP contribution is -2.59. The summed E-state index contributed by atoms with van der Waals surface area (Å²) in [5, 5.41) is 0. The van der Waals surface area contributed by atoms with Crippen LogP contribution in [0.2, 0.25) is 0 Å². The average Bonchev–Trinajstić information content (AvgIpc) is 2.44. The Bertz CT molecular complexity index is 336.